The third-order valence-corrected chi connectivity index (χ3v) is 6.75. The molecule has 1 amide bonds. The third kappa shape index (κ3) is 5.87. The van der Waals surface area contributed by atoms with Crippen LogP contribution in [0.1, 0.15) is 46.4 Å². The van der Waals surface area contributed by atoms with Gasteiger partial charge in [-0.3, -0.25) is 4.79 Å². The largest absolute Gasteiger partial charge is 0.434 e. The van der Waals surface area contributed by atoms with Crippen LogP contribution in [0.2, 0.25) is 0 Å². The summed E-state index contributed by atoms with van der Waals surface area (Å²) in [5.41, 5.74) is -2.88. The van der Waals surface area contributed by atoms with E-state index in [-0.39, 0.29) is 41.2 Å². The summed E-state index contributed by atoms with van der Waals surface area (Å²) in [4.78, 5) is 18.2. The SMILES string of the molecule is Cc1c(C#N)c(C(F)(F)F)nc(N2CCCC(F)(F)CC2)c1C(=O)Nc1cccc(S(C)(=N)=O)c1. The summed E-state index contributed by atoms with van der Waals surface area (Å²) < 4.78 is 88.7. The second kappa shape index (κ2) is 9.41. The molecule has 2 aromatic rings. The number of amides is 1. The predicted molar refractivity (Wildman–Crippen MR) is 119 cm³/mol. The quantitative estimate of drug-likeness (QED) is 0.545. The lowest BCUT2D eigenvalue weighted by Gasteiger charge is -2.27. The van der Waals surface area contributed by atoms with Crippen LogP contribution >= 0.6 is 0 Å². The van der Waals surface area contributed by atoms with Crippen LogP contribution < -0.4 is 10.2 Å². The molecule has 0 spiro atoms. The summed E-state index contributed by atoms with van der Waals surface area (Å²) in [5.74, 6) is -4.37. The number of benzene rings is 1. The van der Waals surface area contributed by atoms with E-state index in [4.69, 9.17) is 4.78 Å². The lowest BCUT2D eigenvalue weighted by atomic mass is 10.00. The highest BCUT2D eigenvalue weighted by Crippen LogP contribution is 2.38. The van der Waals surface area contributed by atoms with Gasteiger partial charge in [0.2, 0.25) is 5.92 Å². The van der Waals surface area contributed by atoms with Crippen LogP contribution in [0, 0.1) is 23.0 Å². The second-order valence-electron chi connectivity index (χ2n) is 8.29. The van der Waals surface area contributed by atoms with Crippen LogP contribution in [-0.4, -0.2) is 40.4 Å². The molecule has 7 nitrogen and oxygen atoms in total. The molecular formula is C22H22F5N5O2S. The van der Waals surface area contributed by atoms with E-state index in [9.17, 15) is 36.2 Å². The molecule has 1 fully saturated rings. The first-order chi connectivity index (χ1) is 16.1. The Balaban J connectivity index is 2.15. The van der Waals surface area contributed by atoms with E-state index in [2.05, 4.69) is 10.3 Å². The number of aromatic nitrogens is 1. The molecule has 1 unspecified atom stereocenters. The van der Waals surface area contributed by atoms with E-state index >= 15 is 0 Å². The molecule has 2 heterocycles. The fourth-order valence-electron chi connectivity index (χ4n) is 3.82. The van der Waals surface area contributed by atoms with E-state index in [1.807, 2.05) is 0 Å². The van der Waals surface area contributed by atoms with E-state index in [1.54, 1.807) is 0 Å². The first-order valence-corrected chi connectivity index (χ1v) is 12.4. The van der Waals surface area contributed by atoms with Crippen molar-refractivity contribution < 1.29 is 31.0 Å². The molecule has 0 saturated carbocycles. The van der Waals surface area contributed by atoms with Crippen molar-refractivity contribution in [2.75, 3.05) is 29.6 Å². The molecule has 0 radical (unpaired) electrons. The number of halogens is 5. The van der Waals surface area contributed by atoms with Gasteiger partial charge in [-0.05, 0) is 37.1 Å². The average Bonchev–Trinajstić information content (AvgIpc) is 2.92. The number of nitrogens with zero attached hydrogens (tertiary/aromatic N) is 3. The number of anilines is 2. The monoisotopic (exact) mass is 515 g/mol. The Hall–Kier alpha value is -3.27. The fourth-order valence-corrected chi connectivity index (χ4v) is 4.51. The van der Waals surface area contributed by atoms with Crippen molar-refractivity contribution in [3.8, 4) is 6.07 Å². The number of alkyl halides is 5. The minimum atomic E-state index is -5.01. The van der Waals surface area contributed by atoms with Gasteiger partial charge in [0.1, 0.15) is 11.9 Å². The third-order valence-electron chi connectivity index (χ3n) is 5.59. The van der Waals surface area contributed by atoms with E-state index in [0.717, 1.165) is 0 Å². The predicted octanol–water partition coefficient (Wildman–Crippen LogP) is 5.19. The molecular weight excluding hydrogens is 493 g/mol. The maximum Gasteiger partial charge on any atom is 0.434 e. The molecule has 0 bridgehead atoms. The highest BCUT2D eigenvalue weighted by Gasteiger charge is 2.40. The topological polar surface area (TPSA) is 110 Å². The Bertz CT molecular complexity index is 1300. The molecule has 1 aliphatic heterocycles. The Morgan fingerprint density at radius 3 is 2.57 bits per heavy atom. The molecule has 2 N–H and O–H groups in total. The van der Waals surface area contributed by atoms with Crippen LogP contribution in [0.4, 0.5) is 33.5 Å². The molecule has 1 saturated heterocycles. The number of hydrogen-bond donors (Lipinski definition) is 2. The molecule has 0 aliphatic carbocycles. The maximum atomic E-state index is 13.9. The summed E-state index contributed by atoms with van der Waals surface area (Å²) in [6, 6.07) is 7.03. The highest BCUT2D eigenvalue weighted by atomic mass is 32.2. The zero-order chi connectivity index (χ0) is 26.2. The van der Waals surface area contributed by atoms with Gasteiger partial charge in [-0.25, -0.2) is 22.8 Å². The van der Waals surface area contributed by atoms with Crippen LogP contribution in [0.15, 0.2) is 29.2 Å². The summed E-state index contributed by atoms with van der Waals surface area (Å²) >= 11 is 0. The summed E-state index contributed by atoms with van der Waals surface area (Å²) in [5, 5.41) is 11.9. The number of carbonyl (C=O) groups excluding carboxylic acids is 1. The minimum absolute atomic E-state index is 0.0352. The van der Waals surface area contributed by atoms with Gasteiger partial charge in [-0.2, -0.15) is 18.4 Å². The average molecular weight is 516 g/mol. The smallest absolute Gasteiger partial charge is 0.356 e. The zero-order valence-corrected chi connectivity index (χ0v) is 19.6. The van der Waals surface area contributed by atoms with Crippen LogP contribution in [0.25, 0.3) is 0 Å². The highest BCUT2D eigenvalue weighted by molar-refractivity contribution is 7.91. The molecule has 13 heteroatoms. The lowest BCUT2D eigenvalue weighted by Crippen LogP contribution is -2.31. The Morgan fingerprint density at radius 1 is 1.29 bits per heavy atom. The van der Waals surface area contributed by atoms with Gasteiger partial charge in [0.15, 0.2) is 5.69 Å². The van der Waals surface area contributed by atoms with Crippen molar-refractivity contribution in [1.82, 2.24) is 4.98 Å². The maximum absolute atomic E-state index is 13.9. The van der Waals surface area contributed by atoms with Gasteiger partial charge < -0.3 is 10.2 Å². The molecule has 35 heavy (non-hydrogen) atoms. The van der Waals surface area contributed by atoms with Gasteiger partial charge in [-0.1, -0.05) is 6.07 Å². The number of nitriles is 1. The van der Waals surface area contributed by atoms with Crippen molar-refractivity contribution in [1.29, 1.82) is 10.0 Å². The zero-order valence-electron chi connectivity index (χ0n) is 18.8. The standard InChI is InChI=1S/C22H22F5N5O2S/c1-13-16(12-28)18(22(25,26)27)31-19(32-9-4-7-21(23,24)8-10-32)17(13)20(33)30-14-5-3-6-15(11-14)35(2,29)34/h3,5-6,11,29H,4,7-10H2,1-2H3,(H,30,33). The molecule has 1 aliphatic rings. The minimum Gasteiger partial charge on any atom is -0.356 e. The van der Waals surface area contributed by atoms with Crippen molar-refractivity contribution >= 4 is 27.1 Å². The van der Waals surface area contributed by atoms with E-state index in [1.165, 1.54) is 48.4 Å². The Labute approximate surface area is 198 Å². The van der Waals surface area contributed by atoms with Crippen molar-refractivity contribution in [3.63, 3.8) is 0 Å². The number of pyridine rings is 1. The number of nitrogens with one attached hydrogen (secondary N) is 2. The van der Waals surface area contributed by atoms with Gasteiger partial charge in [0.25, 0.3) is 5.91 Å². The van der Waals surface area contributed by atoms with Crippen molar-refractivity contribution in [2.24, 2.45) is 0 Å². The lowest BCUT2D eigenvalue weighted by molar-refractivity contribution is -0.141. The molecule has 1 atom stereocenters. The van der Waals surface area contributed by atoms with Crippen LogP contribution in [-0.2, 0) is 15.9 Å². The summed E-state index contributed by atoms with van der Waals surface area (Å²) in [6.07, 6.45) is -4.95. The number of rotatable bonds is 4. The van der Waals surface area contributed by atoms with Gasteiger partial charge in [0.05, 0.1) is 20.9 Å². The molecule has 3 rings (SSSR count). The second-order valence-corrected chi connectivity index (χ2v) is 10.4. The van der Waals surface area contributed by atoms with Gasteiger partial charge >= 0.3 is 6.18 Å². The Kier molecular flexibility index (Phi) is 7.08. The number of hydrogen-bond acceptors (Lipinski definition) is 6. The molecule has 1 aromatic carbocycles. The first-order valence-electron chi connectivity index (χ1n) is 10.4. The van der Waals surface area contributed by atoms with Gasteiger partial charge in [-0.15, -0.1) is 0 Å². The number of carbonyl (C=O) groups is 1. The Morgan fingerprint density at radius 2 is 1.97 bits per heavy atom. The first kappa shape index (κ1) is 26.3. The van der Waals surface area contributed by atoms with Gasteiger partial charge in [0, 0.05) is 42.8 Å². The van der Waals surface area contributed by atoms with Crippen molar-refractivity contribution in [3.05, 3.63) is 46.6 Å². The molecule has 1 aromatic heterocycles. The van der Waals surface area contributed by atoms with E-state index in [0.29, 0.717) is 0 Å². The molecule has 188 valence electrons. The normalized spacial score (nSPS) is 17.7. The summed E-state index contributed by atoms with van der Waals surface area (Å²) in [7, 11) is -3.12. The van der Waals surface area contributed by atoms with E-state index < -0.39 is 57.7 Å². The summed E-state index contributed by atoms with van der Waals surface area (Å²) in [6.45, 7) is 0.770. The van der Waals surface area contributed by atoms with Crippen molar-refractivity contribution in [2.45, 2.75) is 43.2 Å². The van der Waals surface area contributed by atoms with Crippen LogP contribution in [0.3, 0.4) is 0 Å². The van der Waals surface area contributed by atoms with Crippen LogP contribution in [0.5, 0.6) is 0 Å². The fraction of sp³-hybridized carbons (Fsp3) is 0.409.